The largest absolute Gasteiger partial charge is 0.468 e. The molecule has 0 unspecified atom stereocenters. The zero-order valence-corrected chi connectivity index (χ0v) is 12.8. The normalized spacial score (nSPS) is 16.9. The molecule has 7 heteroatoms. The van der Waals surface area contributed by atoms with E-state index in [0.717, 1.165) is 17.3 Å². The quantitative estimate of drug-likeness (QED) is 0.485. The van der Waals surface area contributed by atoms with Crippen LogP contribution in [0.2, 0.25) is 5.02 Å². The van der Waals surface area contributed by atoms with Crippen molar-refractivity contribution in [1.82, 2.24) is 4.90 Å². The number of carbonyl (C=O) groups excluding carboxylic acids is 2. The van der Waals surface area contributed by atoms with E-state index < -0.39 is 5.97 Å². The van der Waals surface area contributed by atoms with Crippen molar-refractivity contribution in [2.75, 3.05) is 13.7 Å². The van der Waals surface area contributed by atoms with Crippen LogP contribution in [0.25, 0.3) is 6.08 Å². The third-order valence-electron chi connectivity index (χ3n) is 2.58. The number of benzene rings is 1. The maximum atomic E-state index is 12.2. The van der Waals surface area contributed by atoms with E-state index in [0.29, 0.717) is 14.2 Å². The van der Waals surface area contributed by atoms with E-state index in [1.807, 2.05) is 12.1 Å². The van der Waals surface area contributed by atoms with Crippen molar-refractivity contribution in [3.63, 3.8) is 0 Å². The zero-order chi connectivity index (χ0) is 14.7. The molecule has 0 radical (unpaired) electrons. The topological polar surface area (TPSA) is 46.6 Å². The third-order valence-corrected chi connectivity index (χ3v) is 4.30. The number of ether oxygens (including phenoxy) is 1. The Morgan fingerprint density at radius 1 is 1.50 bits per heavy atom. The van der Waals surface area contributed by atoms with Crippen LogP contribution in [-0.4, -0.2) is 34.8 Å². The van der Waals surface area contributed by atoms with Gasteiger partial charge in [0.05, 0.1) is 12.0 Å². The molecule has 4 nitrogen and oxygen atoms in total. The molecule has 0 atom stereocenters. The molecule has 1 heterocycles. The first kappa shape index (κ1) is 15.0. The van der Waals surface area contributed by atoms with E-state index in [-0.39, 0.29) is 12.5 Å². The summed E-state index contributed by atoms with van der Waals surface area (Å²) in [6.45, 7) is -0.180. The zero-order valence-electron chi connectivity index (χ0n) is 10.5. The smallest absolute Gasteiger partial charge is 0.325 e. The highest BCUT2D eigenvalue weighted by Gasteiger charge is 2.33. The lowest BCUT2D eigenvalue weighted by Crippen LogP contribution is -2.33. The number of hydrogen-bond acceptors (Lipinski definition) is 5. The molecule has 1 aromatic carbocycles. The Bertz CT molecular complexity index is 615. The van der Waals surface area contributed by atoms with Crippen LogP contribution in [0.3, 0.4) is 0 Å². The molecule has 1 amide bonds. The lowest BCUT2D eigenvalue weighted by Gasteiger charge is -2.11. The predicted molar refractivity (Wildman–Crippen MR) is 83.3 cm³/mol. The van der Waals surface area contributed by atoms with Crippen LogP contribution in [0.1, 0.15) is 5.56 Å². The first-order chi connectivity index (χ1) is 9.52. The number of rotatable bonds is 3. The Morgan fingerprint density at radius 2 is 2.20 bits per heavy atom. The number of amides is 1. The fourth-order valence-corrected chi connectivity index (χ4v) is 3.00. The van der Waals surface area contributed by atoms with E-state index in [1.54, 1.807) is 18.2 Å². The van der Waals surface area contributed by atoms with Crippen molar-refractivity contribution < 1.29 is 14.3 Å². The number of thiocarbonyl (C=S) groups is 1. The van der Waals surface area contributed by atoms with Crippen molar-refractivity contribution >= 4 is 57.9 Å². The number of esters is 1. The van der Waals surface area contributed by atoms with Gasteiger partial charge in [0, 0.05) is 5.02 Å². The molecule has 0 spiro atoms. The van der Waals surface area contributed by atoms with Crippen molar-refractivity contribution in [1.29, 1.82) is 0 Å². The Hall–Kier alpha value is -1.37. The fourth-order valence-electron chi connectivity index (χ4n) is 1.56. The van der Waals surface area contributed by atoms with Gasteiger partial charge in [-0.05, 0) is 17.7 Å². The fraction of sp³-hybridized carbons (Fsp3) is 0.154. The van der Waals surface area contributed by atoms with Crippen molar-refractivity contribution in [2.45, 2.75) is 0 Å². The van der Waals surface area contributed by atoms with Gasteiger partial charge >= 0.3 is 5.97 Å². The van der Waals surface area contributed by atoms with Crippen LogP contribution in [0.5, 0.6) is 0 Å². The van der Waals surface area contributed by atoms with Crippen LogP contribution < -0.4 is 0 Å². The van der Waals surface area contributed by atoms with E-state index >= 15 is 0 Å². The molecule has 0 saturated carbocycles. The van der Waals surface area contributed by atoms with E-state index in [4.69, 9.17) is 23.8 Å². The summed E-state index contributed by atoms with van der Waals surface area (Å²) in [5, 5.41) is 0.547. The van der Waals surface area contributed by atoms with E-state index in [2.05, 4.69) is 4.74 Å². The maximum Gasteiger partial charge on any atom is 0.325 e. The molecular formula is C13H10ClNO3S2. The second-order valence-electron chi connectivity index (χ2n) is 3.87. The first-order valence-electron chi connectivity index (χ1n) is 5.59. The number of nitrogens with zero attached hydrogens (tertiary/aromatic N) is 1. The molecule has 104 valence electrons. The number of halogens is 1. The van der Waals surface area contributed by atoms with Gasteiger partial charge in [-0.15, -0.1) is 0 Å². The van der Waals surface area contributed by atoms with Gasteiger partial charge in [0.25, 0.3) is 5.91 Å². The first-order valence-corrected chi connectivity index (χ1v) is 7.20. The number of thioether (sulfide) groups is 1. The standard InChI is InChI=1S/C13H10ClNO3S2/c1-18-11(16)7-15-12(17)10(20-13(15)19)6-8-4-2-3-5-9(8)14/h2-6H,7H2,1H3. The summed E-state index contributed by atoms with van der Waals surface area (Å²) in [6, 6.07) is 7.17. The van der Waals surface area contributed by atoms with Crippen LogP contribution in [0, 0.1) is 0 Å². The molecule has 2 rings (SSSR count). The minimum absolute atomic E-state index is 0.180. The van der Waals surface area contributed by atoms with Gasteiger partial charge in [-0.2, -0.15) is 0 Å². The van der Waals surface area contributed by atoms with Crippen molar-refractivity contribution in [3.05, 3.63) is 39.8 Å². The van der Waals surface area contributed by atoms with Crippen LogP contribution in [0.4, 0.5) is 0 Å². The van der Waals surface area contributed by atoms with Crippen LogP contribution in [-0.2, 0) is 14.3 Å². The average Bonchev–Trinajstić information content (AvgIpc) is 2.69. The van der Waals surface area contributed by atoms with E-state index in [9.17, 15) is 9.59 Å². The molecule has 20 heavy (non-hydrogen) atoms. The van der Waals surface area contributed by atoms with Crippen molar-refractivity contribution in [2.24, 2.45) is 0 Å². The summed E-state index contributed by atoms with van der Waals surface area (Å²) in [4.78, 5) is 25.1. The molecule has 0 bridgehead atoms. The molecular weight excluding hydrogens is 318 g/mol. The summed E-state index contributed by atoms with van der Waals surface area (Å²) in [6.07, 6.45) is 1.67. The van der Waals surface area contributed by atoms with Gasteiger partial charge in [0.1, 0.15) is 10.9 Å². The highest BCUT2D eigenvalue weighted by molar-refractivity contribution is 8.26. The highest BCUT2D eigenvalue weighted by atomic mass is 35.5. The predicted octanol–water partition coefficient (Wildman–Crippen LogP) is 2.71. The monoisotopic (exact) mass is 327 g/mol. The van der Waals surface area contributed by atoms with Gasteiger partial charge in [-0.1, -0.05) is 53.8 Å². The Morgan fingerprint density at radius 3 is 2.85 bits per heavy atom. The van der Waals surface area contributed by atoms with Crippen LogP contribution in [0.15, 0.2) is 29.2 Å². The molecule has 1 aliphatic heterocycles. The summed E-state index contributed by atoms with van der Waals surface area (Å²) >= 11 is 12.3. The number of hydrogen-bond donors (Lipinski definition) is 0. The second kappa shape index (κ2) is 6.39. The molecule has 0 N–H and O–H groups in total. The highest BCUT2D eigenvalue weighted by Crippen LogP contribution is 2.33. The van der Waals surface area contributed by atoms with Gasteiger partial charge in [-0.3, -0.25) is 14.5 Å². The molecule has 1 fully saturated rings. The lowest BCUT2D eigenvalue weighted by atomic mass is 10.2. The van der Waals surface area contributed by atoms with Gasteiger partial charge in [0.2, 0.25) is 0 Å². The average molecular weight is 328 g/mol. The maximum absolute atomic E-state index is 12.2. The molecule has 1 saturated heterocycles. The summed E-state index contributed by atoms with van der Waals surface area (Å²) < 4.78 is 4.87. The number of methoxy groups -OCH3 is 1. The van der Waals surface area contributed by atoms with Gasteiger partial charge in [-0.25, -0.2) is 0 Å². The van der Waals surface area contributed by atoms with Gasteiger partial charge in [0.15, 0.2) is 0 Å². The molecule has 0 aliphatic carbocycles. The Labute approximate surface area is 130 Å². The molecule has 1 aromatic rings. The lowest BCUT2D eigenvalue weighted by molar-refractivity contribution is -0.143. The Balaban J connectivity index is 2.24. The minimum atomic E-state index is -0.514. The third kappa shape index (κ3) is 3.20. The summed E-state index contributed by atoms with van der Waals surface area (Å²) in [5.74, 6) is -0.828. The molecule has 0 aromatic heterocycles. The summed E-state index contributed by atoms with van der Waals surface area (Å²) in [5.41, 5.74) is 0.729. The van der Waals surface area contributed by atoms with Gasteiger partial charge < -0.3 is 4.74 Å². The number of carbonyl (C=O) groups is 2. The SMILES string of the molecule is COC(=O)CN1C(=O)C(=Cc2ccccc2Cl)SC1=S. The minimum Gasteiger partial charge on any atom is -0.468 e. The second-order valence-corrected chi connectivity index (χ2v) is 5.95. The van der Waals surface area contributed by atoms with Crippen molar-refractivity contribution in [3.8, 4) is 0 Å². The summed E-state index contributed by atoms with van der Waals surface area (Å²) in [7, 11) is 1.26. The van der Waals surface area contributed by atoms with E-state index in [1.165, 1.54) is 12.0 Å². The molecule has 1 aliphatic rings. The Kier molecular flexibility index (Phi) is 4.80. The van der Waals surface area contributed by atoms with Crippen LogP contribution >= 0.6 is 35.6 Å².